The van der Waals surface area contributed by atoms with Crippen molar-refractivity contribution in [3.63, 3.8) is 0 Å². The van der Waals surface area contributed by atoms with Gasteiger partial charge in [-0.2, -0.15) is 9.41 Å². The molecular weight excluding hydrogens is 534 g/mol. The Morgan fingerprint density at radius 1 is 1.09 bits per heavy atom. The van der Waals surface area contributed by atoms with Crippen LogP contribution in [-0.4, -0.2) is 48.9 Å². The Bertz CT molecular complexity index is 1360. The zero-order valence-electron chi connectivity index (χ0n) is 19.7. The van der Waals surface area contributed by atoms with Gasteiger partial charge < -0.3 is 9.88 Å². The van der Waals surface area contributed by atoms with Gasteiger partial charge in [0.25, 0.3) is 5.91 Å². The number of nitrogens with one attached hydrogen (secondary N) is 2. The van der Waals surface area contributed by atoms with Crippen molar-refractivity contribution in [1.82, 2.24) is 14.3 Å². The summed E-state index contributed by atoms with van der Waals surface area (Å²) in [5.74, 6) is -0.839. The number of rotatable bonds is 8. The molecule has 0 radical (unpaired) electrons. The predicted octanol–water partition coefficient (Wildman–Crippen LogP) is 3.59. The van der Waals surface area contributed by atoms with Gasteiger partial charge in [-0.15, -0.1) is 0 Å². The SMILES string of the molecule is CC(=O)Nc1ccc(S(=O)(=O)N(C)CC(=O)N/N=C/c2cc(C)n(-c3ccc(Br)cc3)c2C)cc1. The summed E-state index contributed by atoms with van der Waals surface area (Å²) in [4.78, 5) is 23.4. The average Bonchev–Trinajstić information content (AvgIpc) is 3.07. The first-order valence-electron chi connectivity index (χ1n) is 10.6. The van der Waals surface area contributed by atoms with Gasteiger partial charge in [0.1, 0.15) is 0 Å². The normalized spacial score (nSPS) is 11.7. The molecule has 0 unspecified atom stereocenters. The summed E-state index contributed by atoms with van der Waals surface area (Å²) < 4.78 is 29.5. The molecule has 184 valence electrons. The Balaban J connectivity index is 1.63. The average molecular weight is 560 g/mol. The summed E-state index contributed by atoms with van der Waals surface area (Å²) in [6, 6.07) is 15.6. The summed E-state index contributed by atoms with van der Waals surface area (Å²) in [5, 5.41) is 6.58. The molecule has 0 aliphatic rings. The van der Waals surface area contributed by atoms with Gasteiger partial charge in [-0.05, 0) is 68.4 Å². The van der Waals surface area contributed by atoms with Crippen LogP contribution < -0.4 is 10.7 Å². The summed E-state index contributed by atoms with van der Waals surface area (Å²) in [6.07, 6.45) is 1.53. The van der Waals surface area contributed by atoms with E-state index in [2.05, 4.69) is 36.3 Å². The van der Waals surface area contributed by atoms with E-state index in [0.717, 1.165) is 31.4 Å². The number of halogens is 1. The van der Waals surface area contributed by atoms with Gasteiger partial charge in [0.2, 0.25) is 15.9 Å². The smallest absolute Gasteiger partial charge is 0.255 e. The number of anilines is 1. The van der Waals surface area contributed by atoms with Crippen LogP contribution in [0.2, 0.25) is 0 Å². The van der Waals surface area contributed by atoms with Crippen molar-refractivity contribution in [2.75, 3.05) is 18.9 Å². The minimum Gasteiger partial charge on any atom is -0.326 e. The lowest BCUT2D eigenvalue weighted by molar-refractivity contribution is -0.121. The first-order chi connectivity index (χ1) is 16.5. The van der Waals surface area contributed by atoms with Crippen molar-refractivity contribution >= 4 is 49.7 Å². The summed E-state index contributed by atoms with van der Waals surface area (Å²) in [7, 11) is -2.59. The quantitative estimate of drug-likeness (QED) is 0.324. The second-order valence-corrected chi connectivity index (χ2v) is 10.9. The molecule has 11 heteroatoms. The summed E-state index contributed by atoms with van der Waals surface area (Å²) in [6.45, 7) is 4.88. The highest BCUT2D eigenvalue weighted by Gasteiger charge is 2.23. The molecule has 2 aromatic carbocycles. The number of hydrogen-bond donors (Lipinski definition) is 2. The van der Waals surface area contributed by atoms with Crippen LogP contribution in [0.5, 0.6) is 0 Å². The largest absolute Gasteiger partial charge is 0.326 e. The highest BCUT2D eigenvalue weighted by atomic mass is 79.9. The lowest BCUT2D eigenvalue weighted by atomic mass is 10.2. The summed E-state index contributed by atoms with van der Waals surface area (Å²) in [5.41, 5.74) is 6.64. The monoisotopic (exact) mass is 559 g/mol. The standard InChI is InChI=1S/C24H26BrN5O4S/c1-16-13-19(17(2)30(16)22-9-5-20(25)6-10-22)14-26-28-24(32)15-29(4)35(33,34)23-11-7-21(8-12-23)27-18(3)31/h5-14H,15H2,1-4H3,(H,27,31)(H,28,32)/b26-14+. The van der Waals surface area contributed by atoms with E-state index < -0.39 is 22.5 Å². The second kappa shape index (κ2) is 11.0. The number of hydrogen-bond acceptors (Lipinski definition) is 5. The molecule has 0 aliphatic carbocycles. The zero-order valence-corrected chi connectivity index (χ0v) is 22.1. The van der Waals surface area contributed by atoms with E-state index in [9.17, 15) is 18.0 Å². The lowest BCUT2D eigenvalue weighted by Gasteiger charge is -2.16. The maximum absolute atomic E-state index is 12.8. The Hall–Kier alpha value is -3.28. The van der Waals surface area contributed by atoms with Crippen LogP contribution in [0.15, 0.2) is 69.1 Å². The number of carbonyl (C=O) groups excluding carboxylic acids is 2. The van der Waals surface area contributed by atoms with Gasteiger partial charge in [0.15, 0.2) is 0 Å². The molecule has 0 atom stereocenters. The number of nitrogens with zero attached hydrogens (tertiary/aromatic N) is 3. The number of carbonyl (C=O) groups is 2. The first kappa shape index (κ1) is 26.3. The predicted molar refractivity (Wildman–Crippen MR) is 139 cm³/mol. The van der Waals surface area contributed by atoms with Crippen molar-refractivity contribution in [3.8, 4) is 5.69 Å². The molecule has 1 heterocycles. The molecule has 0 aliphatic heterocycles. The Kier molecular flexibility index (Phi) is 8.26. The molecule has 3 aromatic rings. The number of hydrazone groups is 1. The Morgan fingerprint density at radius 3 is 2.31 bits per heavy atom. The minimum atomic E-state index is -3.90. The van der Waals surface area contributed by atoms with Gasteiger partial charge in [-0.3, -0.25) is 9.59 Å². The van der Waals surface area contributed by atoms with Crippen LogP contribution in [0.3, 0.4) is 0 Å². The Morgan fingerprint density at radius 2 is 1.71 bits per heavy atom. The van der Waals surface area contributed by atoms with Crippen molar-refractivity contribution in [2.45, 2.75) is 25.7 Å². The third-order valence-electron chi connectivity index (χ3n) is 5.20. The Labute approximate surface area is 213 Å². The molecule has 3 rings (SSSR count). The third kappa shape index (κ3) is 6.44. The molecule has 0 saturated carbocycles. The van der Waals surface area contributed by atoms with E-state index >= 15 is 0 Å². The minimum absolute atomic E-state index is 0.00536. The highest BCUT2D eigenvalue weighted by Crippen LogP contribution is 2.21. The topological polar surface area (TPSA) is 113 Å². The van der Waals surface area contributed by atoms with E-state index in [1.165, 1.54) is 44.5 Å². The molecule has 0 fully saturated rings. The van der Waals surface area contributed by atoms with Crippen LogP contribution in [0.25, 0.3) is 5.69 Å². The van der Waals surface area contributed by atoms with E-state index in [1.54, 1.807) is 0 Å². The van der Waals surface area contributed by atoms with E-state index in [0.29, 0.717) is 5.69 Å². The van der Waals surface area contributed by atoms with E-state index in [4.69, 9.17) is 0 Å². The fourth-order valence-electron chi connectivity index (χ4n) is 3.50. The maximum atomic E-state index is 12.8. The van der Waals surface area contributed by atoms with E-state index in [1.807, 2.05) is 44.2 Å². The van der Waals surface area contributed by atoms with Crippen LogP contribution in [0.1, 0.15) is 23.9 Å². The van der Waals surface area contributed by atoms with Gasteiger partial charge in [-0.1, -0.05) is 15.9 Å². The van der Waals surface area contributed by atoms with Crippen molar-refractivity contribution in [3.05, 3.63) is 76.0 Å². The van der Waals surface area contributed by atoms with Gasteiger partial charge in [0.05, 0.1) is 17.7 Å². The molecular formula is C24H26BrN5O4S. The van der Waals surface area contributed by atoms with Gasteiger partial charge in [-0.25, -0.2) is 13.8 Å². The van der Waals surface area contributed by atoms with Gasteiger partial charge in [0, 0.05) is 46.8 Å². The van der Waals surface area contributed by atoms with E-state index in [-0.39, 0.29) is 10.8 Å². The number of aryl methyl sites for hydroxylation is 1. The lowest BCUT2D eigenvalue weighted by Crippen LogP contribution is -2.36. The molecule has 35 heavy (non-hydrogen) atoms. The molecule has 0 bridgehead atoms. The summed E-state index contributed by atoms with van der Waals surface area (Å²) >= 11 is 3.44. The van der Waals surface area contributed by atoms with Gasteiger partial charge >= 0.3 is 0 Å². The molecule has 0 saturated heterocycles. The maximum Gasteiger partial charge on any atom is 0.255 e. The van der Waals surface area contributed by atoms with Crippen LogP contribution >= 0.6 is 15.9 Å². The molecule has 2 N–H and O–H groups in total. The fraction of sp³-hybridized carbons (Fsp3) is 0.208. The van der Waals surface area contributed by atoms with Crippen molar-refractivity contribution in [1.29, 1.82) is 0 Å². The van der Waals surface area contributed by atoms with Crippen LogP contribution in [-0.2, 0) is 19.6 Å². The number of amides is 2. The molecule has 9 nitrogen and oxygen atoms in total. The number of benzene rings is 2. The molecule has 2 amide bonds. The van der Waals surface area contributed by atoms with Crippen molar-refractivity contribution < 1.29 is 18.0 Å². The van der Waals surface area contributed by atoms with Crippen LogP contribution in [0.4, 0.5) is 5.69 Å². The zero-order chi connectivity index (χ0) is 25.8. The third-order valence-corrected chi connectivity index (χ3v) is 7.54. The van der Waals surface area contributed by atoms with Crippen LogP contribution in [0, 0.1) is 13.8 Å². The number of aromatic nitrogens is 1. The molecule has 1 aromatic heterocycles. The number of sulfonamides is 1. The fourth-order valence-corrected chi connectivity index (χ4v) is 4.89. The molecule has 0 spiro atoms. The first-order valence-corrected chi connectivity index (χ1v) is 12.8. The number of likely N-dealkylation sites (N-methyl/N-ethyl adjacent to an activating group) is 1. The van der Waals surface area contributed by atoms with Crippen molar-refractivity contribution in [2.24, 2.45) is 5.10 Å². The second-order valence-electron chi connectivity index (χ2n) is 7.90. The highest BCUT2D eigenvalue weighted by molar-refractivity contribution is 9.10.